The van der Waals surface area contributed by atoms with Gasteiger partial charge in [0.05, 0.1) is 12.1 Å². The monoisotopic (exact) mass is 278 g/mol. The number of imide groups is 1. The van der Waals surface area contributed by atoms with Crippen molar-refractivity contribution < 1.29 is 19.2 Å². The topological polar surface area (TPSA) is 74.8 Å². The molecule has 1 saturated heterocycles. The summed E-state index contributed by atoms with van der Waals surface area (Å²) in [5, 5.41) is 0. The molecule has 108 valence electrons. The van der Waals surface area contributed by atoms with Gasteiger partial charge in [-0.15, -0.1) is 0 Å². The molecule has 2 aliphatic heterocycles. The van der Waals surface area contributed by atoms with E-state index in [4.69, 9.17) is 0 Å². The van der Waals surface area contributed by atoms with E-state index in [0.29, 0.717) is 24.8 Å². The Hall–Kier alpha value is -1.98. The van der Waals surface area contributed by atoms with Gasteiger partial charge in [0.15, 0.2) is 0 Å². The van der Waals surface area contributed by atoms with E-state index in [0.717, 1.165) is 6.29 Å². The molecular weight excluding hydrogens is 260 g/mol. The number of likely N-dealkylation sites (tertiary alicyclic amines) is 1. The van der Waals surface area contributed by atoms with Crippen molar-refractivity contribution in [3.63, 3.8) is 0 Å². The highest BCUT2D eigenvalue weighted by Crippen LogP contribution is 2.26. The molecule has 2 aliphatic rings. The van der Waals surface area contributed by atoms with Gasteiger partial charge in [-0.25, -0.2) is 0 Å². The van der Waals surface area contributed by atoms with Gasteiger partial charge in [0, 0.05) is 24.6 Å². The first-order chi connectivity index (χ1) is 9.49. The van der Waals surface area contributed by atoms with Crippen molar-refractivity contribution >= 4 is 24.0 Å². The van der Waals surface area contributed by atoms with Gasteiger partial charge in [0.1, 0.15) is 6.29 Å². The summed E-state index contributed by atoms with van der Waals surface area (Å²) in [6.45, 7) is 3.73. The Kier molecular flexibility index (Phi) is 4.01. The first-order valence-electron chi connectivity index (χ1n) is 6.80. The molecule has 0 bridgehead atoms. The number of nitrogens with zero attached hydrogens (tertiary/aromatic N) is 2. The fourth-order valence-corrected chi connectivity index (χ4v) is 2.76. The Morgan fingerprint density at radius 1 is 1.45 bits per heavy atom. The minimum absolute atomic E-state index is 0.101. The van der Waals surface area contributed by atoms with Gasteiger partial charge in [-0.2, -0.15) is 0 Å². The van der Waals surface area contributed by atoms with Gasteiger partial charge in [-0.3, -0.25) is 19.3 Å². The van der Waals surface area contributed by atoms with Crippen molar-refractivity contribution in [3.05, 3.63) is 11.6 Å². The van der Waals surface area contributed by atoms with Crippen molar-refractivity contribution in [2.24, 2.45) is 0 Å². The quantitative estimate of drug-likeness (QED) is 0.546. The lowest BCUT2D eigenvalue weighted by molar-refractivity contribution is -0.140. The Labute approximate surface area is 117 Å². The summed E-state index contributed by atoms with van der Waals surface area (Å²) in [6, 6.07) is -0.944. The molecule has 1 fully saturated rings. The molecule has 3 amide bonds. The molecule has 0 aliphatic carbocycles. The molecule has 2 heterocycles. The predicted molar refractivity (Wildman–Crippen MR) is 70.5 cm³/mol. The normalized spacial score (nSPS) is 26.2. The molecule has 0 N–H and O–H groups in total. The standard InChI is InChI=1S/C14H18N2O4/c1-3-4-12(18)15-7-10(6-11(15)8-17)16-13(19)5-9(2)14(16)20/h5,8,10-11H,3-4,6-7H2,1-2H3/t10-,11-/m0/s1. The third kappa shape index (κ3) is 2.37. The fraction of sp³-hybridized carbons (Fsp3) is 0.571. The lowest BCUT2D eigenvalue weighted by Crippen LogP contribution is -2.43. The maximum atomic E-state index is 12.0. The largest absolute Gasteiger partial charge is 0.331 e. The van der Waals surface area contributed by atoms with E-state index in [9.17, 15) is 19.2 Å². The summed E-state index contributed by atoms with van der Waals surface area (Å²) in [7, 11) is 0. The molecule has 6 nitrogen and oxygen atoms in total. The van der Waals surface area contributed by atoms with E-state index in [1.54, 1.807) is 6.92 Å². The van der Waals surface area contributed by atoms with Crippen molar-refractivity contribution in [1.82, 2.24) is 9.80 Å². The van der Waals surface area contributed by atoms with Crippen LogP contribution in [0.25, 0.3) is 0 Å². The Morgan fingerprint density at radius 3 is 2.65 bits per heavy atom. The first kappa shape index (κ1) is 14.4. The smallest absolute Gasteiger partial charge is 0.256 e. The zero-order valence-corrected chi connectivity index (χ0v) is 11.7. The molecule has 2 rings (SSSR count). The van der Waals surface area contributed by atoms with Gasteiger partial charge in [-0.1, -0.05) is 6.92 Å². The van der Waals surface area contributed by atoms with Crippen LogP contribution in [0.5, 0.6) is 0 Å². The average molecular weight is 278 g/mol. The van der Waals surface area contributed by atoms with Crippen LogP contribution in [-0.2, 0) is 19.2 Å². The number of carbonyl (C=O) groups excluding carboxylic acids is 4. The van der Waals surface area contributed by atoms with Crippen LogP contribution in [0, 0.1) is 0 Å². The first-order valence-corrected chi connectivity index (χ1v) is 6.80. The van der Waals surface area contributed by atoms with Crippen LogP contribution in [0.4, 0.5) is 0 Å². The van der Waals surface area contributed by atoms with E-state index in [2.05, 4.69) is 0 Å². The van der Waals surface area contributed by atoms with Crippen LogP contribution in [0.1, 0.15) is 33.1 Å². The predicted octanol–water partition coefficient (Wildman–Crippen LogP) is 0.270. The van der Waals surface area contributed by atoms with Gasteiger partial charge in [-0.05, 0) is 19.8 Å². The second kappa shape index (κ2) is 5.56. The number of hydrogen-bond donors (Lipinski definition) is 0. The molecule has 20 heavy (non-hydrogen) atoms. The third-order valence-corrected chi connectivity index (χ3v) is 3.76. The fourth-order valence-electron chi connectivity index (χ4n) is 2.76. The van der Waals surface area contributed by atoms with Crippen LogP contribution in [0.2, 0.25) is 0 Å². The van der Waals surface area contributed by atoms with Gasteiger partial charge >= 0.3 is 0 Å². The summed E-state index contributed by atoms with van der Waals surface area (Å²) in [4.78, 5) is 49.5. The summed E-state index contributed by atoms with van der Waals surface area (Å²) in [6.07, 6.45) is 3.43. The number of hydrogen-bond acceptors (Lipinski definition) is 4. The molecule has 0 radical (unpaired) electrons. The van der Waals surface area contributed by atoms with E-state index in [-0.39, 0.29) is 24.3 Å². The summed E-state index contributed by atoms with van der Waals surface area (Å²) in [5.74, 6) is -0.780. The van der Waals surface area contributed by atoms with Crippen molar-refractivity contribution in [1.29, 1.82) is 0 Å². The molecule has 0 spiro atoms. The molecule has 0 aromatic carbocycles. The molecular formula is C14H18N2O4. The van der Waals surface area contributed by atoms with E-state index >= 15 is 0 Å². The minimum Gasteiger partial charge on any atom is -0.331 e. The van der Waals surface area contributed by atoms with Crippen molar-refractivity contribution in [3.8, 4) is 0 Å². The van der Waals surface area contributed by atoms with Crippen molar-refractivity contribution in [2.45, 2.75) is 45.2 Å². The molecule has 0 aromatic rings. The second-order valence-corrected chi connectivity index (χ2v) is 5.23. The van der Waals surface area contributed by atoms with Crippen LogP contribution in [0.3, 0.4) is 0 Å². The zero-order chi connectivity index (χ0) is 14.9. The number of amides is 3. The second-order valence-electron chi connectivity index (χ2n) is 5.23. The minimum atomic E-state index is -0.541. The van der Waals surface area contributed by atoms with Crippen LogP contribution in [-0.4, -0.2) is 52.4 Å². The van der Waals surface area contributed by atoms with E-state index in [1.165, 1.54) is 15.9 Å². The lowest BCUT2D eigenvalue weighted by Gasteiger charge is -2.23. The maximum Gasteiger partial charge on any atom is 0.256 e. The van der Waals surface area contributed by atoms with Crippen LogP contribution in [0.15, 0.2) is 11.6 Å². The Morgan fingerprint density at radius 2 is 2.15 bits per heavy atom. The molecule has 2 atom stereocenters. The highest BCUT2D eigenvalue weighted by Gasteiger charge is 2.43. The average Bonchev–Trinajstić information content (AvgIpc) is 2.92. The van der Waals surface area contributed by atoms with Crippen LogP contribution >= 0.6 is 0 Å². The van der Waals surface area contributed by atoms with Gasteiger partial charge in [0.2, 0.25) is 5.91 Å². The molecule has 0 aromatic heterocycles. The van der Waals surface area contributed by atoms with E-state index in [1.807, 2.05) is 6.92 Å². The highest BCUT2D eigenvalue weighted by molar-refractivity contribution is 6.16. The molecule has 0 saturated carbocycles. The summed E-state index contributed by atoms with van der Waals surface area (Å²) >= 11 is 0. The Bertz CT molecular complexity index is 497. The highest BCUT2D eigenvalue weighted by atomic mass is 16.2. The third-order valence-electron chi connectivity index (χ3n) is 3.76. The van der Waals surface area contributed by atoms with Gasteiger partial charge < -0.3 is 9.69 Å². The van der Waals surface area contributed by atoms with Crippen LogP contribution < -0.4 is 0 Å². The van der Waals surface area contributed by atoms with Gasteiger partial charge in [0.25, 0.3) is 11.8 Å². The Balaban J connectivity index is 2.13. The zero-order valence-electron chi connectivity index (χ0n) is 11.7. The summed E-state index contributed by atoms with van der Waals surface area (Å²) < 4.78 is 0. The summed E-state index contributed by atoms with van der Waals surface area (Å²) in [5.41, 5.74) is 0.399. The number of aldehydes is 1. The number of rotatable bonds is 4. The SMILES string of the molecule is CCCC(=O)N1C[C@@H](N2C(=O)C=C(C)C2=O)C[C@H]1C=O. The lowest BCUT2D eigenvalue weighted by atomic mass is 10.1. The van der Waals surface area contributed by atoms with Crippen molar-refractivity contribution in [2.75, 3.05) is 6.54 Å². The molecule has 0 unspecified atom stereocenters. The number of carbonyl (C=O) groups is 4. The van der Waals surface area contributed by atoms with E-state index < -0.39 is 12.1 Å². The molecule has 6 heteroatoms. The maximum absolute atomic E-state index is 12.0.